The van der Waals surface area contributed by atoms with E-state index in [1.165, 1.54) is 22.9 Å². The van der Waals surface area contributed by atoms with E-state index in [-0.39, 0.29) is 17.6 Å². The van der Waals surface area contributed by atoms with Gasteiger partial charge in [-0.25, -0.2) is 0 Å². The summed E-state index contributed by atoms with van der Waals surface area (Å²) in [6.45, 7) is 9.84. The number of ketones is 1. The number of aryl methyl sites for hydroxylation is 3. The molecule has 0 amide bonds. The molecule has 0 radical (unpaired) electrons. The maximum atomic E-state index is 13.0. The summed E-state index contributed by atoms with van der Waals surface area (Å²) in [5, 5.41) is 12.6. The lowest BCUT2D eigenvalue weighted by Gasteiger charge is -2.14. The molecule has 0 saturated carbocycles. The Balaban J connectivity index is 1.47. The van der Waals surface area contributed by atoms with Crippen LogP contribution in [0.1, 0.15) is 45.7 Å². The maximum absolute atomic E-state index is 13.0. The molecule has 7 nitrogen and oxygen atoms in total. The molecule has 3 heterocycles. The fourth-order valence-corrected chi connectivity index (χ4v) is 4.63. The summed E-state index contributed by atoms with van der Waals surface area (Å²) in [4.78, 5) is 13.0. The lowest BCUT2D eigenvalue weighted by atomic mass is 10.1. The number of carbonyl (C=O) groups is 1. The Morgan fingerprint density at radius 2 is 2.03 bits per heavy atom. The second kappa shape index (κ2) is 8.73. The fourth-order valence-electron chi connectivity index (χ4n) is 3.85. The Morgan fingerprint density at radius 3 is 2.77 bits per heavy atom. The van der Waals surface area contributed by atoms with Crippen molar-refractivity contribution in [1.82, 2.24) is 24.8 Å². The van der Waals surface area contributed by atoms with Crippen LogP contribution in [-0.4, -0.2) is 49.0 Å². The van der Waals surface area contributed by atoms with Gasteiger partial charge in [-0.3, -0.25) is 4.79 Å². The van der Waals surface area contributed by atoms with Gasteiger partial charge in [-0.05, 0) is 80.3 Å². The van der Waals surface area contributed by atoms with Crippen molar-refractivity contribution in [2.75, 3.05) is 12.4 Å². The summed E-state index contributed by atoms with van der Waals surface area (Å²) >= 11 is 1.36. The van der Waals surface area contributed by atoms with E-state index in [0.29, 0.717) is 5.16 Å². The van der Waals surface area contributed by atoms with E-state index in [1.807, 2.05) is 26.0 Å². The molecule has 0 N–H and O–H groups in total. The predicted molar refractivity (Wildman–Crippen MR) is 117 cm³/mol. The molecule has 1 saturated heterocycles. The zero-order valence-corrected chi connectivity index (χ0v) is 18.7. The van der Waals surface area contributed by atoms with Crippen molar-refractivity contribution in [3.8, 4) is 5.69 Å². The summed E-state index contributed by atoms with van der Waals surface area (Å²) in [5.74, 6) is 0.372. The molecule has 0 spiro atoms. The van der Waals surface area contributed by atoms with Crippen LogP contribution in [0.3, 0.4) is 0 Å². The van der Waals surface area contributed by atoms with E-state index in [1.54, 1.807) is 4.68 Å². The highest BCUT2D eigenvalue weighted by Gasteiger charge is 2.22. The highest BCUT2D eigenvalue weighted by Crippen LogP contribution is 2.24. The Hall–Kier alpha value is -2.45. The van der Waals surface area contributed by atoms with E-state index in [9.17, 15) is 4.79 Å². The average molecular weight is 426 g/mol. The molecule has 4 rings (SSSR count). The van der Waals surface area contributed by atoms with Crippen molar-refractivity contribution in [1.29, 1.82) is 0 Å². The van der Waals surface area contributed by atoms with Gasteiger partial charge in [0, 0.05) is 30.1 Å². The minimum Gasteiger partial charge on any atom is -0.376 e. The number of carbonyl (C=O) groups excluding carboxylic acids is 1. The number of hydrogen-bond donors (Lipinski definition) is 0. The summed E-state index contributed by atoms with van der Waals surface area (Å²) in [7, 11) is 0. The van der Waals surface area contributed by atoms with Crippen molar-refractivity contribution >= 4 is 17.5 Å². The second-order valence-corrected chi connectivity index (χ2v) is 8.83. The molecule has 1 aliphatic heterocycles. The van der Waals surface area contributed by atoms with Gasteiger partial charge >= 0.3 is 0 Å². The molecule has 158 valence electrons. The van der Waals surface area contributed by atoms with Crippen molar-refractivity contribution in [2.45, 2.75) is 58.3 Å². The fraction of sp³-hybridized carbons (Fsp3) is 0.455. The highest BCUT2D eigenvalue weighted by atomic mass is 32.2. The Kier molecular flexibility index (Phi) is 6.06. The summed E-state index contributed by atoms with van der Waals surface area (Å²) in [6.07, 6.45) is 2.44. The number of aromatic nitrogens is 5. The second-order valence-electron chi connectivity index (χ2n) is 7.88. The molecule has 30 heavy (non-hydrogen) atoms. The maximum Gasteiger partial charge on any atom is 0.214 e. The molecular weight excluding hydrogens is 398 g/mol. The molecule has 1 atom stereocenters. The van der Waals surface area contributed by atoms with Gasteiger partial charge in [-0.2, -0.15) is 4.68 Å². The first kappa shape index (κ1) is 20.8. The van der Waals surface area contributed by atoms with E-state index < -0.39 is 0 Å². The van der Waals surface area contributed by atoms with Gasteiger partial charge in [-0.15, -0.1) is 5.10 Å². The van der Waals surface area contributed by atoms with E-state index in [4.69, 9.17) is 4.74 Å². The van der Waals surface area contributed by atoms with Crippen molar-refractivity contribution in [3.63, 3.8) is 0 Å². The largest absolute Gasteiger partial charge is 0.376 e. The first-order valence-corrected chi connectivity index (χ1v) is 11.2. The molecule has 8 heteroatoms. The monoisotopic (exact) mass is 425 g/mol. The van der Waals surface area contributed by atoms with Crippen LogP contribution in [0.4, 0.5) is 0 Å². The SMILES string of the molecule is Cc1ccc(-n2nnnc2SCC(=O)c2cc(C)n(C[C@H]3CCCO3)c2C)cc1C. The van der Waals surface area contributed by atoms with E-state index in [2.05, 4.69) is 46.1 Å². The molecule has 0 aliphatic carbocycles. The number of ether oxygens (including phenoxy) is 1. The lowest BCUT2D eigenvalue weighted by Crippen LogP contribution is -2.17. The van der Waals surface area contributed by atoms with Gasteiger partial charge in [0.25, 0.3) is 0 Å². The topological polar surface area (TPSA) is 74.8 Å². The normalized spacial score (nSPS) is 16.3. The Morgan fingerprint density at radius 1 is 1.20 bits per heavy atom. The Labute approximate surface area is 180 Å². The van der Waals surface area contributed by atoms with E-state index in [0.717, 1.165) is 48.6 Å². The molecule has 0 unspecified atom stereocenters. The van der Waals surface area contributed by atoms with Crippen LogP contribution in [0.25, 0.3) is 5.69 Å². The number of thioether (sulfide) groups is 1. The van der Waals surface area contributed by atoms with Crippen molar-refractivity contribution in [2.24, 2.45) is 0 Å². The quantitative estimate of drug-likeness (QED) is 0.423. The first-order valence-electron chi connectivity index (χ1n) is 10.2. The molecule has 0 bridgehead atoms. The smallest absolute Gasteiger partial charge is 0.214 e. The van der Waals surface area contributed by atoms with Crippen molar-refractivity contribution in [3.05, 3.63) is 52.3 Å². The number of rotatable bonds is 7. The van der Waals surface area contributed by atoms with Gasteiger partial charge < -0.3 is 9.30 Å². The lowest BCUT2D eigenvalue weighted by molar-refractivity contribution is 0.0957. The number of tetrazole rings is 1. The number of benzene rings is 1. The minimum atomic E-state index is 0.0846. The van der Waals surface area contributed by atoms with Crippen LogP contribution in [0, 0.1) is 27.7 Å². The molecule has 2 aromatic heterocycles. The molecule has 3 aromatic rings. The minimum absolute atomic E-state index is 0.0846. The van der Waals surface area contributed by atoms with Gasteiger partial charge in [0.05, 0.1) is 17.5 Å². The number of nitrogens with zero attached hydrogens (tertiary/aromatic N) is 5. The van der Waals surface area contributed by atoms with Gasteiger partial charge in [0.15, 0.2) is 5.78 Å². The Bertz CT molecular complexity index is 1070. The first-order chi connectivity index (χ1) is 14.4. The molecule has 1 aromatic carbocycles. The standard InChI is InChI=1S/C22H27N5O2S/c1-14-7-8-18(10-15(14)2)27-22(23-24-25-27)30-13-21(28)20-11-16(3)26(17(20)4)12-19-6-5-9-29-19/h7-8,10-11,19H,5-6,9,12-13H2,1-4H3/t19-/m1/s1. The zero-order valence-electron chi connectivity index (χ0n) is 17.9. The third kappa shape index (κ3) is 4.20. The number of hydrogen-bond acceptors (Lipinski definition) is 6. The molecule has 1 fully saturated rings. The average Bonchev–Trinajstić information content (AvgIpc) is 3.46. The summed E-state index contributed by atoms with van der Waals surface area (Å²) < 4.78 is 9.66. The van der Waals surface area contributed by atoms with E-state index >= 15 is 0 Å². The molecule has 1 aliphatic rings. The van der Waals surface area contributed by atoms with Gasteiger partial charge in [-0.1, -0.05) is 17.8 Å². The van der Waals surface area contributed by atoms with Gasteiger partial charge in [0.2, 0.25) is 5.16 Å². The van der Waals surface area contributed by atoms with Crippen LogP contribution < -0.4 is 0 Å². The van der Waals surface area contributed by atoms with Crippen LogP contribution >= 0.6 is 11.8 Å². The van der Waals surface area contributed by atoms with Crippen LogP contribution in [0.2, 0.25) is 0 Å². The van der Waals surface area contributed by atoms with Crippen LogP contribution in [0.15, 0.2) is 29.4 Å². The highest BCUT2D eigenvalue weighted by molar-refractivity contribution is 7.99. The number of Topliss-reactive ketones (excluding diaryl/α,β-unsaturated/α-hetero) is 1. The van der Waals surface area contributed by atoms with Gasteiger partial charge in [0.1, 0.15) is 0 Å². The third-order valence-electron chi connectivity index (χ3n) is 5.79. The van der Waals surface area contributed by atoms with Crippen molar-refractivity contribution < 1.29 is 9.53 Å². The molecular formula is C22H27N5O2S. The summed E-state index contributed by atoms with van der Waals surface area (Å²) in [6, 6.07) is 8.08. The third-order valence-corrected chi connectivity index (χ3v) is 6.71. The zero-order chi connectivity index (χ0) is 21.3. The van der Waals surface area contributed by atoms with Crippen LogP contribution in [-0.2, 0) is 11.3 Å². The summed E-state index contributed by atoms with van der Waals surface area (Å²) in [5.41, 5.74) is 6.15. The van der Waals surface area contributed by atoms with Crippen LogP contribution in [0.5, 0.6) is 0 Å². The predicted octanol–water partition coefficient (Wildman–Crippen LogP) is 3.85.